The van der Waals surface area contributed by atoms with Gasteiger partial charge in [-0.3, -0.25) is 4.98 Å². The van der Waals surface area contributed by atoms with E-state index < -0.39 is 0 Å². The Hall–Kier alpha value is -1.65. The minimum absolute atomic E-state index is 0.451. The lowest BCUT2D eigenvalue weighted by atomic mass is 10.1. The second-order valence-electron chi connectivity index (χ2n) is 5.51. The van der Waals surface area contributed by atoms with Crippen molar-refractivity contribution in [2.45, 2.75) is 25.9 Å². The van der Waals surface area contributed by atoms with Crippen molar-refractivity contribution in [3.8, 4) is 0 Å². The van der Waals surface area contributed by atoms with E-state index in [4.69, 9.17) is 9.72 Å². The summed E-state index contributed by atoms with van der Waals surface area (Å²) in [5.41, 5.74) is 3.45. The van der Waals surface area contributed by atoms with Gasteiger partial charge in [-0.25, -0.2) is 0 Å². The summed E-state index contributed by atoms with van der Waals surface area (Å²) in [5.74, 6) is 0. The zero-order chi connectivity index (χ0) is 14.7. The lowest BCUT2D eigenvalue weighted by molar-refractivity contribution is 0.0931. The Kier molecular flexibility index (Phi) is 4.36. The van der Waals surface area contributed by atoms with Gasteiger partial charge in [-0.1, -0.05) is 25.1 Å². The molecule has 0 aliphatic carbocycles. The maximum absolute atomic E-state index is 5.64. The van der Waals surface area contributed by atoms with Gasteiger partial charge in [0.2, 0.25) is 0 Å². The fraction of sp³-hybridized carbons (Fsp3) is 0.471. The summed E-state index contributed by atoms with van der Waals surface area (Å²) in [6, 6.07) is 11.1. The highest BCUT2D eigenvalue weighted by molar-refractivity contribution is 5.92. The number of para-hydroxylation sites is 1. The average molecular weight is 285 g/mol. The molecule has 1 N–H and O–H groups in total. The first-order valence-corrected chi connectivity index (χ1v) is 7.71. The van der Waals surface area contributed by atoms with Gasteiger partial charge in [0.15, 0.2) is 0 Å². The molecule has 0 radical (unpaired) electrons. The molecule has 1 unspecified atom stereocenters. The van der Waals surface area contributed by atoms with Crippen molar-refractivity contribution < 1.29 is 4.74 Å². The molecule has 1 aromatic heterocycles. The van der Waals surface area contributed by atoms with Crippen molar-refractivity contribution in [1.29, 1.82) is 0 Å². The van der Waals surface area contributed by atoms with E-state index in [0.717, 1.165) is 43.9 Å². The molecule has 3 rings (SSSR count). The van der Waals surface area contributed by atoms with Gasteiger partial charge in [-0.05, 0) is 25.6 Å². The van der Waals surface area contributed by atoms with Gasteiger partial charge >= 0.3 is 0 Å². The molecule has 4 heteroatoms. The van der Waals surface area contributed by atoms with Crippen LogP contribution < -0.4 is 10.2 Å². The molecule has 1 saturated heterocycles. The molecule has 21 heavy (non-hydrogen) atoms. The van der Waals surface area contributed by atoms with Gasteiger partial charge in [0.05, 0.1) is 30.5 Å². The topological polar surface area (TPSA) is 37.4 Å². The van der Waals surface area contributed by atoms with Gasteiger partial charge in [0, 0.05) is 24.2 Å². The van der Waals surface area contributed by atoms with Gasteiger partial charge < -0.3 is 15.0 Å². The third kappa shape index (κ3) is 2.87. The Morgan fingerprint density at radius 2 is 2.24 bits per heavy atom. The highest BCUT2D eigenvalue weighted by atomic mass is 16.5. The van der Waals surface area contributed by atoms with E-state index in [2.05, 4.69) is 47.5 Å². The highest BCUT2D eigenvalue weighted by Gasteiger charge is 2.23. The number of morpholine rings is 1. The molecule has 2 heterocycles. The molecule has 2 aromatic rings. The Balaban J connectivity index is 2.10. The number of nitrogens with zero attached hydrogens (tertiary/aromatic N) is 2. The van der Waals surface area contributed by atoms with Crippen molar-refractivity contribution in [2.24, 2.45) is 0 Å². The number of benzene rings is 1. The summed E-state index contributed by atoms with van der Waals surface area (Å²) in [6.07, 6.45) is 1.10. The normalized spacial score (nSPS) is 19.1. The van der Waals surface area contributed by atoms with E-state index >= 15 is 0 Å². The maximum atomic E-state index is 5.64. The van der Waals surface area contributed by atoms with Crippen molar-refractivity contribution in [2.75, 3.05) is 31.7 Å². The van der Waals surface area contributed by atoms with Crippen LogP contribution in [0.5, 0.6) is 0 Å². The van der Waals surface area contributed by atoms with Gasteiger partial charge in [0.25, 0.3) is 0 Å². The number of fused-ring (bicyclic) bond motifs is 1. The average Bonchev–Trinajstić information content (AvgIpc) is 2.54. The minimum atomic E-state index is 0.451. The van der Waals surface area contributed by atoms with Crippen molar-refractivity contribution in [1.82, 2.24) is 10.3 Å². The lowest BCUT2D eigenvalue weighted by Gasteiger charge is -2.37. The van der Waals surface area contributed by atoms with E-state index in [1.54, 1.807) is 0 Å². The first-order chi connectivity index (χ1) is 10.3. The molecule has 1 atom stereocenters. The third-order valence-electron chi connectivity index (χ3n) is 4.11. The molecular weight excluding hydrogens is 262 g/mol. The Bertz CT molecular complexity index is 614. The molecule has 1 aliphatic heterocycles. The molecule has 0 saturated carbocycles. The number of ether oxygens (including phenoxy) is 1. The number of rotatable bonds is 4. The van der Waals surface area contributed by atoms with Gasteiger partial charge in [0.1, 0.15) is 0 Å². The van der Waals surface area contributed by atoms with Crippen molar-refractivity contribution in [3.05, 3.63) is 36.0 Å². The number of hydrogen-bond donors (Lipinski definition) is 1. The van der Waals surface area contributed by atoms with Crippen LogP contribution in [0.1, 0.15) is 19.0 Å². The van der Waals surface area contributed by atoms with E-state index in [1.807, 2.05) is 7.05 Å². The highest BCUT2D eigenvalue weighted by Crippen LogP contribution is 2.30. The molecule has 1 aromatic carbocycles. The summed E-state index contributed by atoms with van der Waals surface area (Å²) < 4.78 is 5.64. The quantitative estimate of drug-likeness (QED) is 0.937. The van der Waals surface area contributed by atoms with Crippen LogP contribution in [0.2, 0.25) is 0 Å². The number of aromatic nitrogens is 1. The van der Waals surface area contributed by atoms with Crippen LogP contribution >= 0.6 is 0 Å². The first kappa shape index (κ1) is 14.3. The van der Waals surface area contributed by atoms with Crippen LogP contribution in [0.15, 0.2) is 30.3 Å². The summed E-state index contributed by atoms with van der Waals surface area (Å²) in [4.78, 5) is 7.24. The molecule has 0 amide bonds. The van der Waals surface area contributed by atoms with E-state index in [-0.39, 0.29) is 0 Å². The SMILES string of the molecule is CCC1COCCN1c1cc(CNC)nc2ccccc12. The van der Waals surface area contributed by atoms with Crippen LogP contribution in [0.25, 0.3) is 10.9 Å². The summed E-state index contributed by atoms with van der Waals surface area (Å²) in [5, 5.41) is 4.43. The smallest absolute Gasteiger partial charge is 0.0726 e. The molecule has 1 fully saturated rings. The zero-order valence-corrected chi connectivity index (χ0v) is 12.8. The fourth-order valence-corrected chi connectivity index (χ4v) is 3.03. The Labute approximate surface area is 126 Å². The predicted octanol–water partition coefficient (Wildman–Crippen LogP) is 2.57. The van der Waals surface area contributed by atoms with Crippen LogP contribution in [0, 0.1) is 0 Å². The monoisotopic (exact) mass is 285 g/mol. The minimum Gasteiger partial charge on any atom is -0.377 e. The number of pyridine rings is 1. The number of anilines is 1. The third-order valence-corrected chi connectivity index (χ3v) is 4.11. The van der Waals surface area contributed by atoms with Crippen molar-refractivity contribution >= 4 is 16.6 Å². The predicted molar refractivity (Wildman–Crippen MR) is 86.8 cm³/mol. The standard InChI is InChI=1S/C17H23N3O/c1-3-14-12-21-9-8-20(14)17-10-13(11-18-2)19-16-7-5-4-6-15(16)17/h4-7,10,14,18H,3,8-9,11-12H2,1-2H3. The first-order valence-electron chi connectivity index (χ1n) is 7.71. The summed E-state index contributed by atoms with van der Waals surface area (Å²) in [7, 11) is 1.96. The van der Waals surface area contributed by atoms with Crippen LogP contribution in [0.4, 0.5) is 5.69 Å². The van der Waals surface area contributed by atoms with Crippen LogP contribution in [0.3, 0.4) is 0 Å². The maximum Gasteiger partial charge on any atom is 0.0726 e. The van der Waals surface area contributed by atoms with Gasteiger partial charge in [-0.2, -0.15) is 0 Å². The second-order valence-corrected chi connectivity index (χ2v) is 5.51. The molecule has 112 valence electrons. The van der Waals surface area contributed by atoms with Crippen LogP contribution in [-0.4, -0.2) is 37.8 Å². The number of hydrogen-bond acceptors (Lipinski definition) is 4. The van der Waals surface area contributed by atoms with E-state index in [1.165, 1.54) is 11.1 Å². The van der Waals surface area contributed by atoms with Crippen molar-refractivity contribution in [3.63, 3.8) is 0 Å². The molecule has 4 nitrogen and oxygen atoms in total. The molecule has 0 bridgehead atoms. The van der Waals surface area contributed by atoms with E-state index in [0.29, 0.717) is 6.04 Å². The largest absolute Gasteiger partial charge is 0.377 e. The molecule has 0 spiro atoms. The fourth-order valence-electron chi connectivity index (χ4n) is 3.03. The number of nitrogens with one attached hydrogen (secondary N) is 1. The zero-order valence-electron chi connectivity index (χ0n) is 12.8. The second kappa shape index (κ2) is 6.41. The van der Waals surface area contributed by atoms with E-state index in [9.17, 15) is 0 Å². The Morgan fingerprint density at radius 1 is 1.38 bits per heavy atom. The lowest BCUT2D eigenvalue weighted by Crippen LogP contribution is -2.45. The van der Waals surface area contributed by atoms with Gasteiger partial charge in [-0.15, -0.1) is 0 Å². The summed E-state index contributed by atoms with van der Waals surface area (Å²) >= 11 is 0. The molecule has 1 aliphatic rings. The van der Waals surface area contributed by atoms with Crippen LogP contribution in [-0.2, 0) is 11.3 Å². The Morgan fingerprint density at radius 3 is 3.05 bits per heavy atom. The molecular formula is C17H23N3O. The summed E-state index contributed by atoms with van der Waals surface area (Å²) in [6.45, 7) is 5.58.